The predicted molar refractivity (Wildman–Crippen MR) is 69.3 cm³/mol. The molecular weight excluding hydrogens is 224 g/mol. The van der Waals surface area contributed by atoms with E-state index in [2.05, 4.69) is 0 Å². The summed E-state index contributed by atoms with van der Waals surface area (Å²) in [6.45, 7) is 8.51. The third kappa shape index (κ3) is 4.06. The molecule has 5 heteroatoms. The number of hydrogen-bond donors (Lipinski definition) is 1. The molecule has 0 aromatic rings. The van der Waals surface area contributed by atoms with Crippen molar-refractivity contribution in [2.24, 2.45) is 11.7 Å². The minimum absolute atomic E-state index is 0.0200. The Balaban J connectivity index is 4.62. The molecule has 0 fully saturated rings. The minimum Gasteiger partial charge on any atom is -0.393 e. The largest absolute Gasteiger partial charge is 0.393 e. The molecule has 0 aliphatic heterocycles. The first-order valence-corrected chi connectivity index (χ1v) is 5.80. The first kappa shape index (κ1) is 15.3. The molecule has 16 heavy (non-hydrogen) atoms. The maximum absolute atomic E-state index is 12.1. The van der Waals surface area contributed by atoms with Crippen LogP contribution in [0.15, 0.2) is 0 Å². The molecular formula is C11H22N2O2S. The molecule has 0 aliphatic carbocycles. The quantitative estimate of drug-likeness (QED) is 0.715. The Morgan fingerprint density at radius 1 is 1.56 bits per heavy atom. The molecule has 0 saturated heterocycles. The van der Waals surface area contributed by atoms with Crippen LogP contribution in [0.5, 0.6) is 0 Å². The highest BCUT2D eigenvalue weighted by molar-refractivity contribution is 7.80. The second kappa shape index (κ2) is 6.15. The fourth-order valence-corrected chi connectivity index (χ4v) is 1.32. The van der Waals surface area contributed by atoms with E-state index in [0.29, 0.717) is 18.1 Å². The van der Waals surface area contributed by atoms with Crippen LogP contribution in [0.4, 0.5) is 0 Å². The number of nitrogens with zero attached hydrogens (tertiary/aromatic N) is 1. The van der Waals surface area contributed by atoms with Gasteiger partial charge in [0.2, 0.25) is 0 Å². The standard InChI is InChI=1S/C11H22N2O2S/c1-6-13(7-8(2)9(12)16)10(14)11(3,4)15-5/h8H,6-7H2,1-5H3,(H2,12,16). The van der Waals surface area contributed by atoms with Gasteiger partial charge in [0, 0.05) is 26.1 Å². The van der Waals surface area contributed by atoms with Crippen LogP contribution in [0.25, 0.3) is 0 Å². The lowest BCUT2D eigenvalue weighted by Crippen LogP contribution is -2.48. The smallest absolute Gasteiger partial charge is 0.254 e. The fourth-order valence-electron chi connectivity index (χ4n) is 1.24. The first-order chi connectivity index (χ1) is 7.26. The number of nitrogens with two attached hydrogens (primary N) is 1. The van der Waals surface area contributed by atoms with E-state index in [1.54, 1.807) is 18.7 Å². The molecule has 0 heterocycles. The normalized spacial score (nSPS) is 13.3. The number of amides is 1. The molecule has 0 spiro atoms. The third-order valence-corrected chi connectivity index (χ3v) is 3.08. The van der Waals surface area contributed by atoms with Crippen molar-refractivity contribution in [3.63, 3.8) is 0 Å². The average Bonchev–Trinajstić information content (AvgIpc) is 2.24. The molecule has 0 bridgehead atoms. The Hall–Kier alpha value is -0.680. The van der Waals surface area contributed by atoms with Gasteiger partial charge in [0.1, 0.15) is 5.60 Å². The highest BCUT2D eigenvalue weighted by Gasteiger charge is 2.31. The molecule has 94 valence electrons. The van der Waals surface area contributed by atoms with Crippen LogP contribution < -0.4 is 5.73 Å². The maximum Gasteiger partial charge on any atom is 0.254 e. The third-order valence-electron chi connectivity index (χ3n) is 2.67. The Kier molecular flexibility index (Phi) is 5.89. The van der Waals surface area contributed by atoms with Crippen LogP contribution in [0, 0.1) is 5.92 Å². The average molecular weight is 246 g/mol. The zero-order valence-electron chi connectivity index (χ0n) is 10.7. The van der Waals surface area contributed by atoms with Gasteiger partial charge in [0.25, 0.3) is 5.91 Å². The van der Waals surface area contributed by atoms with Crippen molar-refractivity contribution in [2.45, 2.75) is 33.3 Å². The van der Waals surface area contributed by atoms with Gasteiger partial charge in [0.05, 0.1) is 4.99 Å². The van der Waals surface area contributed by atoms with Crippen LogP contribution >= 0.6 is 12.2 Å². The zero-order valence-corrected chi connectivity index (χ0v) is 11.6. The maximum atomic E-state index is 12.1. The molecule has 4 nitrogen and oxygen atoms in total. The molecule has 1 atom stereocenters. The summed E-state index contributed by atoms with van der Waals surface area (Å²) in [6, 6.07) is 0. The Bertz CT molecular complexity index is 267. The predicted octanol–water partition coefficient (Wildman–Crippen LogP) is 1.18. The van der Waals surface area contributed by atoms with Crippen molar-refractivity contribution < 1.29 is 9.53 Å². The summed E-state index contributed by atoms with van der Waals surface area (Å²) in [4.78, 5) is 14.2. The van der Waals surface area contributed by atoms with Gasteiger partial charge >= 0.3 is 0 Å². The van der Waals surface area contributed by atoms with E-state index in [9.17, 15) is 4.79 Å². The summed E-state index contributed by atoms with van der Waals surface area (Å²) in [7, 11) is 1.53. The summed E-state index contributed by atoms with van der Waals surface area (Å²) in [5.41, 5.74) is 4.74. The first-order valence-electron chi connectivity index (χ1n) is 5.40. The minimum atomic E-state index is -0.800. The Morgan fingerprint density at radius 2 is 2.06 bits per heavy atom. The lowest BCUT2D eigenvalue weighted by Gasteiger charge is -2.31. The van der Waals surface area contributed by atoms with Crippen molar-refractivity contribution in [1.82, 2.24) is 4.90 Å². The highest BCUT2D eigenvalue weighted by atomic mass is 32.1. The van der Waals surface area contributed by atoms with Gasteiger partial charge in [0.15, 0.2) is 0 Å². The van der Waals surface area contributed by atoms with Crippen molar-refractivity contribution in [1.29, 1.82) is 0 Å². The molecule has 0 aliphatic rings. The molecule has 0 aromatic carbocycles. The number of likely N-dealkylation sites (N-methyl/N-ethyl adjacent to an activating group) is 1. The number of carbonyl (C=O) groups is 1. The van der Waals surface area contributed by atoms with Crippen molar-refractivity contribution >= 4 is 23.1 Å². The van der Waals surface area contributed by atoms with E-state index < -0.39 is 5.60 Å². The van der Waals surface area contributed by atoms with Crippen molar-refractivity contribution in [2.75, 3.05) is 20.2 Å². The van der Waals surface area contributed by atoms with Crippen LogP contribution in [-0.4, -0.2) is 41.6 Å². The molecule has 1 amide bonds. The van der Waals surface area contributed by atoms with E-state index in [4.69, 9.17) is 22.7 Å². The Labute approximate surface area is 103 Å². The summed E-state index contributed by atoms with van der Waals surface area (Å²) in [5.74, 6) is -0.0212. The number of thiocarbonyl (C=S) groups is 1. The van der Waals surface area contributed by atoms with Gasteiger partial charge in [-0.2, -0.15) is 0 Å². The van der Waals surface area contributed by atoms with Crippen LogP contribution in [0.3, 0.4) is 0 Å². The highest BCUT2D eigenvalue weighted by Crippen LogP contribution is 2.13. The Morgan fingerprint density at radius 3 is 2.38 bits per heavy atom. The molecule has 0 rings (SSSR count). The van der Waals surface area contributed by atoms with E-state index >= 15 is 0 Å². The van der Waals surface area contributed by atoms with E-state index in [-0.39, 0.29) is 11.8 Å². The molecule has 0 saturated carbocycles. The number of hydrogen-bond acceptors (Lipinski definition) is 3. The zero-order chi connectivity index (χ0) is 12.9. The van der Waals surface area contributed by atoms with E-state index in [1.807, 2.05) is 13.8 Å². The van der Waals surface area contributed by atoms with Gasteiger partial charge in [-0.25, -0.2) is 0 Å². The number of ether oxygens (including phenoxy) is 1. The van der Waals surface area contributed by atoms with Crippen LogP contribution in [0.2, 0.25) is 0 Å². The lowest BCUT2D eigenvalue weighted by molar-refractivity contribution is -0.151. The van der Waals surface area contributed by atoms with Crippen LogP contribution in [0.1, 0.15) is 27.7 Å². The molecule has 0 aromatic heterocycles. The molecule has 2 N–H and O–H groups in total. The van der Waals surface area contributed by atoms with Crippen molar-refractivity contribution in [3.05, 3.63) is 0 Å². The van der Waals surface area contributed by atoms with E-state index in [1.165, 1.54) is 7.11 Å². The fraction of sp³-hybridized carbons (Fsp3) is 0.818. The topological polar surface area (TPSA) is 55.6 Å². The monoisotopic (exact) mass is 246 g/mol. The second-order valence-corrected chi connectivity index (χ2v) is 4.83. The van der Waals surface area contributed by atoms with Crippen molar-refractivity contribution in [3.8, 4) is 0 Å². The van der Waals surface area contributed by atoms with Gasteiger partial charge < -0.3 is 15.4 Å². The summed E-state index contributed by atoms with van der Waals surface area (Å²) in [5, 5.41) is 0. The SMILES string of the molecule is CCN(CC(C)C(N)=S)C(=O)C(C)(C)OC. The molecule has 0 radical (unpaired) electrons. The van der Waals surface area contributed by atoms with Gasteiger partial charge in [-0.15, -0.1) is 0 Å². The second-order valence-electron chi connectivity index (χ2n) is 4.36. The van der Waals surface area contributed by atoms with Gasteiger partial charge in [-0.3, -0.25) is 4.79 Å². The van der Waals surface area contributed by atoms with Gasteiger partial charge in [-0.1, -0.05) is 19.1 Å². The van der Waals surface area contributed by atoms with E-state index in [0.717, 1.165) is 0 Å². The lowest BCUT2D eigenvalue weighted by atomic mass is 10.1. The number of carbonyl (C=O) groups excluding carboxylic acids is 1. The van der Waals surface area contributed by atoms with Crippen LogP contribution in [-0.2, 0) is 9.53 Å². The summed E-state index contributed by atoms with van der Waals surface area (Å²) in [6.07, 6.45) is 0. The van der Waals surface area contributed by atoms with Gasteiger partial charge in [-0.05, 0) is 20.8 Å². The summed E-state index contributed by atoms with van der Waals surface area (Å²) >= 11 is 4.90. The molecule has 1 unspecified atom stereocenters. The number of rotatable bonds is 6. The number of methoxy groups -OCH3 is 1. The summed E-state index contributed by atoms with van der Waals surface area (Å²) < 4.78 is 5.17.